The molecule has 1 spiro atoms. The summed E-state index contributed by atoms with van der Waals surface area (Å²) in [7, 11) is 0. The SMILES string of the molecule is Cl.O=C1CC2(CCNCC2)CN1c1cncnc1. The lowest BCUT2D eigenvalue weighted by atomic mass is 9.78. The van der Waals surface area contributed by atoms with Crippen LogP contribution < -0.4 is 10.2 Å². The van der Waals surface area contributed by atoms with Crippen LogP contribution in [0.4, 0.5) is 5.69 Å². The van der Waals surface area contributed by atoms with Crippen LogP contribution in [0.25, 0.3) is 0 Å². The average molecular weight is 269 g/mol. The fraction of sp³-hybridized carbons (Fsp3) is 0.583. The summed E-state index contributed by atoms with van der Waals surface area (Å²) in [5.74, 6) is 0.210. The predicted molar refractivity (Wildman–Crippen MR) is 70.8 cm³/mol. The first kappa shape index (κ1) is 13.2. The van der Waals surface area contributed by atoms with E-state index >= 15 is 0 Å². The highest BCUT2D eigenvalue weighted by Gasteiger charge is 2.44. The van der Waals surface area contributed by atoms with Gasteiger partial charge in [0, 0.05) is 13.0 Å². The number of nitrogens with one attached hydrogen (secondary N) is 1. The quantitative estimate of drug-likeness (QED) is 0.826. The molecule has 1 N–H and O–H groups in total. The number of aromatic nitrogens is 2. The first-order valence-electron chi connectivity index (χ1n) is 6.05. The van der Waals surface area contributed by atoms with E-state index in [4.69, 9.17) is 0 Å². The molecule has 1 aromatic heterocycles. The molecule has 3 heterocycles. The third kappa shape index (κ3) is 2.33. The molecule has 0 aliphatic carbocycles. The Kier molecular flexibility index (Phi) is 3.82. The highest BCUT2D eigenvalue weighted by atomic mass is 35.5. The molecule has 2 saturated heterocycles. The summed E-state index contributed by atoms with van der Waals surface area (Å²) >= 11 is 0. The van der Waals surface area contributed by atoms with E-state index in [1.165, 1.54) is 6.33 Å². The maximum atomic E-state index is 12.1. The molecule has 0 radical (unpaired) electrons. The van der Waals surface area contributed by atoms with Crippen LogP contribution >= 0.6 is 12.4 Å². The van der Waals surface area contributed by atoms with Gasteiger partial charge in [0.2, 0.25) is 5.91 Å². The van der Waals surface area contributed by atoms with Crippen LogP contribution in [0, 0.1) is 5.41 Å². The van der Waals surface area contributed by atoms with E-state index < -0.39 is 0 Å². The maximum absolute atomic E-state index is 12.1. The number of rotatable bonds is 1. The predicted octanol–water partition coefficient (Wildman–Crippen LogP) is 1.00. The van der Waals surface area contributed by atoms with Crippen molar-refractivity contribution in [1.82, 2.24) is 15.3 Å². The average Bonchev–Trinajstić information content (AvgIpc) is 2.68. The number of carbonyl (C=O) groups excluding carboxylic acids is 1. The van der Waals surface area contributed by atoms with Gasteiger partial charge in [-0.3, -0.25) is 4.79 Å². The molecule has 98 valence electrons. The molecule has 6 heteroatoms. The van der Waals surface area contributed by atoms with Gasteiger partial charge in [0.15, 0.2) is 0 Å². The lowest BCUT2D eigenvalue weighted by molar-refractivity contribution is -0.117. The molecule has 5 nitrogen and oxygen atoms in total. The second-order valence-electron chi connectivity index (χ2n) is 5.00. The monoisotopic (exact) mass is 268 g/mol. The zero-order valence-electron chi connectivity index (χ0n) is 10.1. The molecule has 0 atom stereocenters. The van der Waals surface area contributed by atoms with Crippen molar-refractivity contribution in [1.29, 1.82) is 0 Å². The summed E-state index contributed by atoms with van der Waals surface area (Å²) in [6.45, 7) is 2.86. The first-order valence-corrected chi connectivity index (χ1v) is 6.05. The summed E-state index contributed by atoms with van der Waals surface area (Å²) < 4.78 is 0. The van der Waals surface area contributed by atoms with Gasteiger partial charge in [-0.25, -0.2) is 9.97 Å². The van der Waals surface area contributed by atoms with Crippen molar-refractivity contribution in [2.24, 2.45) is 5.41 Å². The van der Waals surface area contributed by atoms with Gasteiger partial charge in [-0.15, -0.1) is 12.4 Å². The minimum Gasteiger partial charge on any atom is -0.317 e. The van der Waals surface area contributed by atoms with E-state index in [2.05, 4.69) is 15.3 Å². The van der Waals surface area contributed by atoms with Crippen molar-refractivity contribution < 1.29 is 4.79 Å². The Labute approximate surface area is 112 Å². The number of hydrogen-bond acceptors (Lipinski definition) is 4. The Morgan fingerprint density at radius 3 is 2.56 bits per heavy atom. The Hall–Kier alpha value is -1.20. The van der Waals surface area contributed by atoms with Gasteiger partial charge in [0.25, 0.3) is 0 Å². The Balaban J connectivity index is 0.00000120. The molecule has 2 fully saturated rings. The standard InChI is InChI=1S/C12H16N4O.ClH/c17-11-5-12(1-3-13-4-2-12)8-16(11)10-6-14-9-15-7-10;/h6-7,9,13H,1-5,8H2;1H. The minimum atomic E-state index is 0. The number of nitrogens with zero attached hydrogens (tertiary/aromatic N) is 3. The highest BCUT2D eigenvalue weighted by molar-refractivity contribution is 5.96. The number of anilines is 1. The molecule has 1 aromatic rings. The van der Waals surface area contributed by atoms with Crippen LogP contribution in [0.5, 0.6) is 0 Å². The summed E-state index contributed by atoms with van der Waals surface area (Å²) in [5, 5.41) is 3.35. The van der Waals surface area contributed by atoms with E-state index in [-0.39, 0.29) is 23.7 Å². The lowest BCUT2D eigenvalue weighted by Crippen LogP contribution is -2.38. The van der Waals surface area contributed by atoms with Crippen LogP contribution in [0.3, 0.4) is 0 Å². The third-order valence-electron chi connectivity index (χ3n) is 3.84. The molecule has 0 unspecified atom stereocenters. The molecule has 3 rings (SSSR count). The van der Waals surface area contributed by atoms with Gasteiger partial charge in [-0.05, 0) is 31.3 Å². The van der Waals surface area contributed by atoms with Gasteiger partial charge in [0.05, 0.1) is 18.1 Å². The summed E-state index contributed by atoms with van der Waals surface area (Å²) in [6.07, 6.45) is 7.76. The van der Waals surface area contributed by atoms with Crippen molar-refractivity contribution in [3.63, 3.8) is 0 Å². The Morgan fingerprint density at radius 1 is 1.22 bits per heavy atom. The van der Waals surface area contributed by atoms with Gasteiger partial charge in [-0.1, -0.05) is 0 Å². The van der Waals surface area contributed by atoms with E-state index in [9.17, 15) is 4.79 Å². The fourth-order valence-electron chi connectivity index (χ4n) is 2.85. The summed E-state index contributed by atoms with van der Waals surface area (Å²) in [6, 6.07) is 0. The fourth-order valence-corrected chi connectivity index (χ4v) is 2.85. The second-order valence-corrected chi connectivity index (χ2v) is 5.00. The van der Waals surface area contributed by atoms with Crippen LogP contribution in [0.15, 0.2) is 18.7 Å². The van der Waals surface area contributed by atoms with Crippen molar-refractivity contribution in [3.8, 4) is 0 Å². The Bertz CT molecular complexity index is 419. The molecule has 18 heavy (non-hydrogen) atoms. The van der Waals surface area contributed by atoms with Crippen LogP contribution in [-0.4, -0.2) is 35.5 Å². The van der Waals surface area contributed by atoms with Crippen LogP contribution in [0.1, 0.15) is 19.3 Å². The molecule has 0 bridgehead atoms. The molecular weight excluding hydrogens is 252 g/mol. The highest BCUT2D eigenvalue weighted by Crippen LogP contribution is 2.40. The third-order valence-corrected chi connectivity index (χ3v) is 3.84. The van der Waals surface area contributed by atoms with Gasteiger partial charge >= 0.3 is 0 Å². The zero-order chi connectivity index (χ0) is 11.7. The number of halogens is 1. The normalized spacial score (nSPS) is 22.0. The zero-order valence-corrected chi connectivity index (χ0v) is 10.9. The van der Waals surface area contributed by atoms with Crippen LogP contribution in [0.2, 0.25) is 0 Å². The van der Waals surface area contributed by atoms with Crippen molar-refractivity contribution in [2.75, 3.05) is 24.5 Å². The second kappa shape index (κ2) is 5.20. The van der Waals surface area contributed by atoms with Crippen molar-refractivity contribution in [3.05, 3.63) is 18.7 Å². The van der Waals surface area contributed by atoms with Gasteiger partial charge in [0.1, 0.15) is 6.33 Å². The van der Waals surface area contributed by atoms with E-state index in [1.54, 1.807) is 12.4 Å². The lowest BCUT2D eigenvalue weighted by Gasteiger charge is -2.32. The first-order chi connectivity index (χ1) is 8.29. The van der Waals surface area contributed by atoms with E-state index in [0.717, 1.165) is 38.2 Å². The molecule has 1 amide bonds. The summed E-state index contributed by atoms with van der Waals surface area (Å²) in [4.78, 5) is 21.9. The van der Waals surface area contributed by atoms with Gasteiger partial charge in [-0.2, -0.15) is 0 Å². The molecule has 2 aliphatic heterocycles. The number of amides is 1. The number of piperidine rings is 1. The molecule has 0 saturated carbocycles. The van der Waals surface area contributed by atoms with E-state index in [1.807, 2.05) is 4.90 Å². The van der Waals surface area contributed by atoms with E-state index in [0.29, 0.717) is 6.42 Å². The van der Waals surface area contributed by atoms with Gasteiger partial charge < -0.3 is 10.2 Å². The molecule has 2 aliphatic rings. The Morgan fingerprint density at radius 2 is 1.89 bits per heavy atom. The topological polar surface area (TPSA) is 58.1 Å². The van der Waals surface area contributed by atoms with Crippen molar-refractivity contribution >= 4 is 24.0 Å². The van der Waals surface area contributed by atoms with Crippen molar-refractivity contribution in [2.45, 2.75) is 19.3 Å². The number of carbonyl (C=O) groups is 1. The maximum Gasteiger partial charge on any atom is 0.227 e. The van der Waals surface area contributed by atoms with Crippen LogP contribution in [-0.2, 0) is 4.79 Å². The number of hydrogen-bond donors (Lipinski definition) is 1. The molecule has 0 aromatic carbocycles. The smallest absolute Gasteiger partial charge is 0.227 e. The minimum absolute atomic E-state index is 0. The summed E-state index contributed by atoms with van der Waals surface area (Å²) in [5.41, 5.74) is 1.01. The molecular formula is C12H17ClN4O. The largest absolute Gasteiger partial charge is 0.317 e.